The Morgan fingerprint density at radius 2 is 1.53 bits per heavy atom. The first-order chi connectivity index (χ1) is 18.1. The number of amides is 2. The van der Waals surface area contributed by atoms with Crippen LogP contribution in [0.25, 0.3) is 11.1 Å². The maximum absolute atomic E-state index is 13.6. The molecule has 2 aliphatic carbocycles. The van der Waals surface area contributed by atoms with Crippen molar-refractivity contribution in [1.82, 2.24) is 9.80 Å². The molecule has 0 bridgehead atoms. The number of rotatable bonds is 6. The first-order valence-corrected chi connectivity index (χ1v) is 13.4. The van der Waals surface area contributed by atoms with E-state index in [1.165, 1.54) is 0 Å². The van der Waals surface area contributed by atoms with Gasteiger partial charge in [0.25, 0.3) is 0 Å². The molecule has 5 rings (SSSR count). The molecule has 38 heavy (non-hydrogen) atoms. The van der Waals surface area contributed by atoms with E-state index in [0.29, 0.717) is 38.8 Å². The number of piperidine rings is 1. The number of nitrogens with zero attached hydrogens (tertiary/aromatic N) is 2. The highest BCUT2D eigenvalue weighted by atomic mass is 16.6. The zero-order chi connectivity index (χ0) is 27.1. The molecule has 202 valence electrons. The first-order valence-electron chi connectivity index (χ1n) is 13.4. The number of ether oxygens (including phenoxy) is 2. The molecule has 2 aromatic carbocycles. The summed E-state index contributed by atoms with van der Waals surface area (Å²) in [5.41, 5.74) is 3.07. The SMILES string of the molecule is CC(C)(C)OC(=O)N1CCC(N(CC2(C(=O)O)CC2)C(=O)OCC2c3ccccc3-c3ccccc32)CC1. The van der Waals surface area contributed by atoms with Crippen LogP contribution in [0, 0.1) is 5.41 Å². The van der Waals surface area contributed by atoms with E-state index in [1.807, 2.05) is 45.0 Å². The second-order valence-corrected chi connectivity index (χ2v) is 11.7. The van der Waals surface area contributed by atoms with Gasteiger partial charge >= 0.3 is 18.2 Å². The van der Waals surface area contributed by atoms with Crippen molar-refractivity contribution in [2.45, 2.75) is 64.0 Å². The lowest BCUT2D eigenvalue weighted by atomic mass is 9.98. The van der Waals surface area contributed by atoms with Gasteiger partial charge in [-0.2, -0.15) is 0 Å². The largest absolute Gasteiger partial charge is 0.481 e. The van der Waals surface area contributed by atoms with Crippen LogP contribution in [0.15, 0.2) is 48.5 Å². The predicted octanol–water partition coefficient (Wildman–Crippen LogP) is 5.50. The Hall–Kier alpha value is -3.55. The number of likely N-dealkylation sites (tertiary alicyclic amines) is 1. The Bertz CT molecular complexity index is 1180. The van der Waals surface area contributed by atoms with Gasteiger partial charge in [0.15, 0.2) is 0 Å². The Morgan fingerprint density at radius 3 is 2.03 bits per heavy atom. The molecular formula is C30H36N2O6. The maximum atomic E-state index is 13.6. The third kappa shape index (κ3) is 5.22. The van der Waals surface area contributed by atoms with Gasteiger partial charge in [0.2, 0.25) is 0 Å². The fraction of sp³-hybridized carbons (Fsp3) is 0.500. The number of carbonyl (C=O) groups is 3. The van der Waals surface area contributed by atoms with Crippen LogP contribution in [0.5, 0.6) is 0 Å². The molecule has 2 amide bonds. The van der Waals surface area contributed by atoms with Crippen LogP contribution in [-0.2, 0) is 14.3 Å². The van der Waals surface area contributed by atoms with Crippen molar-refractivity contribution < 1.29 is 29.0 Å². The number of carboxylic acids is 1. The second kappa shape index (κ2) is 9.97. The molecule has 0 radical (unpaired) electrons. The smallest absolute Gasteiger partial charge is 0.410 e. The Morgan fingerprint density at radius 1 is 0.974 bits per heavy atom. The molecule has 0 atom stereocenters. The highest BCUT2D eigenvalue weighted by Crippen LogP contribution is 2.48. The molecule has 0 aromatic heterocycles. The van der Waals surface area contributed by atoms with Crippen molar-refractivity contribution in [2.24, 2.45) is 5.41 Å². The molecule has 1 heterocycles. The number of aliphatic carboxylic acids is 1. The lowest BCUT2D eigenvalue weighted by Gasteiger charge is -2.39. The molecule has 0 spiro atoms. The van der Waals surface area contributed by atoms with Gasteiger partial charge in [-0.1, -0.05) is 48.5 Å². The predicted molar refractivity (Wildman–Crippen MR) is 142 cm³/mol. The Labute approximate surface area is 223 Å². The van der Waals surface area contributed by atoms with Crippen molar-refractivity contribution in [1.29, 1.82) is 0 Å². The van der Waals surface area contributed by atoms with Gasteiger partial charge in [-0.05, 0) is 68.7 Å². The summed E-state index contributed by atoms with van der Waals surface area (Å²) >= 11 is 0. The number of carbonyl (C=O) groups excluding carboxylic acids is 2. The fourth-order valence-corrected chi connectivity index (χ4v) is 5.62. The summed E-state index contributed by atoms with van der Waals surface area (Å²) in [7, 11) is 0. The number of hydrogen-bond donors (Lipinski definition) is 1. The minimum Gasteiger partial charge on any atom is -0.481 e. The van der Waals surface area contributed by atoms with Crippen molar-refractivity contribution in [2.75, 3.05) is 26.2 Å². The van der Waals surface area contributed by atoms with Gasteiger partial charge in [0, 0.05) is 31.6 Å². The van der Waals surface area contributed by atoms with Gasteiger partial charge in [0.05, 0.1) is 5.41 Å². The van der Waals surface area contributed by atoms with Crippen LogP contribution < -0.4 is 0 Å². The fourth-order valence-electron chi connectivity index (χ4n) is 5.62. The average molecular weight is 521 g/mol. The topological polar surface area (TPSA) is 96.4 Å². The zero-order valence-electron chi connectivity index (χ0n) is 22.3. The van der Waals surface area contributed by atoms with E-state index < -0.39 is 23.1 Å². The summed E-state index contributed by atoms with van der Waals surface area (Å²) in [4.78, 5) is 41.3. The summed E-state index contributed by atoms with van der Waals surface area (Å²) in [5, 5.41) is 9.83. The molecule has 8 heteroatoms. The number of fused-ring (bicyclic) bond motifs is 3. The molecule has 2 fully saturated rings. The van der Waals surface area contributed by atoms with Gasteiger partial charge in [0.1, 0.15) is 12.2 Å². The van der Waals surface area contributed by atoms with Gasteiger partial charge < -0.3 is 24.4 Å². The van der Waals surface area contributed by atoms with E-state index in [-0.39, 0.29) is 31.2 Å². The first kappa shape index (κ1) is 26.1. The monoisotopic (exact) mass is 520 g/mol. The standard InChI is InChI=1S/C30H36N2O6/c1-29(2,3)38-27(35)31-16-12-20(13-17-31)32(19-30(14-15-30)26(33)34)28(36)37-18-25-23-10-6-4-8-21(23)22-9-5-7-11-24(22)25/h4-11,20,25H,12-19H2,1-3H3,(H,33,34). The highest BCUT2D eigenvalue weighted by Gasteiger charge is 2.53. The molecular weight excluding hydrogens is 484 g/mol. The summed E-state index contributed by atoms with van der Waals surface area (Å²) < 4.78 is 11.4. The van der Waals surface area contributed by atoms with E-state index in [9.17, 15) is 19.5 Å². The van der Waals surface area contributed by atoms with E-state index in [4.69, 9.17) is 9.47 Å². The van der Waals surface area contributed by atoms with Crippen molar-refractivity contribution in [3.05, 3.63) is 59.7 Å². The Kier molecular flexibility index (Phi) is 6.84. The van der Waals surface area contributed by atoms with Crippen molar-refractivity contribution >= 4 is 18.2 Å². The highest BCUT2D eigenvalue weighted by molar-refractivity contribution is 5.80. The van der Waals surface area contributed by atoms with Gasteiger partial charge in [-0.15, -0.1) is 0 Å². The summed E-state index contributed by atoms with van der Waals surface area (Å²) in [5.74, 6) is -0.947. The quantitative estimate of drug-likeness (QED) is 0.540. The molecule has 1 saturated carbocycles. The summed E-state index contributed by atoms with van der Waals surface area (Å²) in [6.45, 7) is 6.67. The van der Waals surface area contributed by atoms with E-state index >= 15 is 0 Å². The molecule has 3 aliphatic rings. The van der Waals surface area contributed by atoms with Crippen LogP contribution in [0.1, 0.15) is 63.5 Å². The number of carboxylic acid groups (broad SMARTS) is 1. The third-order valence-electron chi connectivity index (χ3n) is 7.91. The van der Waals surface area contributed by atoms with Crippen LogP contribution >= 0.6 is 0 Å². The number of benzene rings is 2. The van der Waals surface area contributed by atoms with Gasteiger partial charge in [-0.25, -0.2) is 9.59 Å². The van der Waals surface area contributed by atoms with E-state index in [1.54, 1.807) is 9.80 Å². The molecule has 0 unspecified atom stereocenters. The van der Waals surface area contributed by atoms with Crippen molar-refractivity contribution in [3.8, 4) is 11.1 Å². The molecule has 1 N–H and O–H groups in total. The van der Waals surface area contributed by atoms with Gasteiger partial charge in [-0.3, -0.25) is 4.79 Å². The minimum absolute atomic E-state index is 0.0726. The number of hydrogen-bond acceptors (Lipinski definition) is 5. The van der Waals surface area contributed by atoms with E-state index in [2.05, 4.69) is 24.3 Å². The lowest BCUT2D eigenvalue weighted by molar-refractivity contribution is -0.144. The Balaban J connectivity index is 1.29. The average Bonchev–Trinajstić information content (AvgIpc) is 3.61. The molecule has 2 aromatic rings. The summed E-state index contributed by atoms with van der Waals surface area (Å²) in [6, 6.07) is 16.1. The second-order valence-electron chi connectivity index (χ2n) is 11.7. The molecule has 1 saturated heterocycles. The minimum atomic E-state index is -0.909. The van der Waals surface area contributed by atoms with Crippen molar-refractivity contribution in [3.63, 3.8) is 0 Å². The van der Waals surface area contributed by atoms with Crippen LogP contribution in [0.4, 0.5) is 9.59 Å². The van der Waals surface area contributed by atoms with Crippen LogP contribution in [0.2, 0.25) is 0 Å². The van der Waals surface area contributed by atoms with Crippen LogP contribution in [0.3, 0.4) is 0 Å². The molecule has 8 nitrogen and oxygen atoms in total. The maximum Gasteiger partial charge on any atom is 0.410 e. The van der Waals surface area contributed by atoms with E-state index in [0.717, 1.165) is 22.3 Å². The summed E-state index contributed by atoms with van der Waals surface area (Å²) in [6.07, 6.45) is 1.32. The molecule has 1 aliphatic heterocycles. The zero-order valence-corrected chi connectivity index (χ0v) is 22.3. The lowest BCUT2D eigenvalue weighted by Crippen LogP contribution is -2.52. The normalized spacial score (nSPS) is 18.3. The third-order valence-corrected chi connectivity index (χ3v) is 7.91. The van der Waals surface area contributed by atoms with Crippen LogP contribution in [-0.4, -0.2) is 70.9 Å².